The first-order valence-corrected chi connectivity index (χ1v) is 4.17. The summed E-state index contributed by atoms with van der Waals surface area (Å²) < 4.78 is 25.1. The van der Waals surface area contributed by atoms with Crippen LogP contribution in [0.2, 0.25) is 0 Å². The van der Waals surface area contributed by atoms with Crippen LogP contribution in [0.5, 0.6) is 0 Å². The van der Waals surface area contributed by atoms with E-state index < -0.39 is 25.0 Å². The van der Waals surface area contributed by atoms with Crippen molar-refractivity contribution in [3.05, 3.63) is 18.1 Å². The molecule has 0 spiro atoms. The maximum absolute atomic E-state index is 12.5. The second-order valence-electron chi connectivity index (χ2n) is 3.26. The van der Waals surface area contributed by atoms with Crippen molar-refractivity contribution in [3.8, 4) is 0 Å². The number of aromatic nitrogens is 2. The zero-order chi connectivity index (χ0) is 11.1. The number of halogens is 2. The van der Waals surface area contributed by atoms with Gasteiger partial charge in [0, 0.05) is 6.20 Å². The molecule has 1 aliphatic heterocycles. The maximum Gasteiger partial charge on any atom is 0.374 e. The van der Waals surface area contributed by atoms with Gasteiger partial charge in [-0.25, -0.2) is 23.5 Å². The lowest BCUT2D eigenvalue weighted by atomic mass is 10.1. The Kier molecular flexibility index (Phi) is 2.02. The summed E-state index contributed by atoms with van der Waals surface area (Å²) in [6.07, 6.45) is 1.24. The van der Waals surface area contributed by atoms with Gasteiger partial charge in [0.25, 0.3) is 5.92 Å². The first-order chi connectivity index (χ1) is 6.98. The van der Waals surface area contributed by atoms with Crippen LogP contribution in [0.1, 0.15) is 10.6 Å². The number of hydrogen-bond donors (Lipinski definition) is 1. The van der Waals surface area contributed by atoms with Crippen LogP contribution in [0.4, 0.5) is 14.6 Å². The number of carboxylic acids is 1. The van der Waals surface area contributed by atoms with Crippen molar-refractivity contribution >= 4 is 11.8 Å². The molecule has 0 unspecified atom stereocenters. The molecule has 7 heteroatoms. The Morgan fingerprint density at radius 3 is 2.73 bits per heavy atom. The van der Waals surface area contributed by atoms with Gasteiger partial charge in [-0.15, -0.1) is 0 Å². The van der Waals surface area contributed by atoms with E-state index in [4.69, 9.17) is 5.11 Å². The molecule has 0 amide bonds. The minimum Gasteiger partial charge on any atom is -0.475 e. The van der Waals surface area contributed by atoms with E-state index in [1.165, 1.54) is 17.2 Å². The summed E-state index contributed by atoms with van der Waals surface area (Å²) in [5, 5.41) is 8.59. The van der Waals surface area contributed by atoms with Gasteiger partial charge in [-0.1, -0.05) is 0 Å². The van der Waals surface area contributed by atoms with Gasteiger partial charge in [-0.3, -0.25) is 0 Å². The minimum absolute atomic E-state index is 0.216. The lowest BCUT2D eigenvalue weighted by Crippen LogP contribution is -2.56. The molecule has 0 radical (unpaired) electrons. The minimum atomic E-state index is -2.70. The lowest BCUT2D eigenvalue weighted by molar-refractivity contribution is -0.0267. The Balaban J connectivity index is 2.17. The number of carboxylic acid groups (broad SMARTS) is 1. The van der Waals surface area contributed by atoms with Gasteiger partial charge in [-0.2, -0.15) is 0 Å². The smallest absolute Gasteiger partial charge is 0.374 e. The largest absolute Gasteiger partial charge is 0.475 e. The van der Waals surface area contributed by atoms with Crippen molar-refractivity contribution < 1.29 is 18.7 Å². The van der Waals surface area contributed by atoms with E-state index in [1.54, 1.807) is 0 Å². The van der Waals surface area contributed by atoms with E-state index in [0.29, 0.717) is 0 Å². The third-order valence-electron chi connectivity index (χ3n) is 2.00. The molecule has 2 rings (SSSR count). The average Bonchev–Trinajstić information content (AvgIpc) is 2.14. The topological polar surface area (TPSA) is 66.3 Å². The zero-order valence-electron chi connectivity index (χ0n) is 7.52. The fraction of sp³-hybridized carbons (Fsp3) is 0.375. The number of anilines is 1. The van der Waals surface area contributed by atoms with Crippen molar-refractivity contribution in [2.45, 2.75) is 5.92 Å². The number of carbonyl (C=O) groups is 1. The average molecular weight is 215 g/mol. The third kappa shape index (κ3) is 1.85. The second-order valence-corrected chi connectivity index (χ2v) is 3.26. The van der Waals surface area contributed by atoms with Gasteiger partial charge in [-0.05, 0) is 6.07 Å². The van der Waals surface area contributed by atoms with Gasteiger partial charge in [0.2, 0.25) is 5.82 Å². The standard InChI is InChI=1S/C8H7F2N3O2/c9-8(10)3-13(4-8)5-1-2-11-6(12-5)7(14)15/h1-2H,3-4H2,(H,14,15). The summed E-state index contributed by atoms with van der Waals surface area (Å²) in [5.74, 6) is -4.14. The molecule has 5 nitrogen and oxygen atoms in total. The Bertz CT molecular complexity index is 403. The Morgan fingerprint density at radius 1 is 1.53 bits per heavy atom. The van der Waals surface area contributed by atoms with Crippen molar-refractivity contribution in [2.24, 2.45) is 0 Å². The SMILES string of the molecule is O=C(O)c1nccc(N2CC(F)(F)C2)n1. The quantitative estimate of drug-likeness (QED) is 0.783. The molecule has 1 aromatic rings. The third-order valence-corrected chi connectivity index (χ3v) is 2.00. The molecule has 1 N–H and O–H groups in total. The monoisotopic (exact) mass is 215 g/mol. The van der Waals surface area contributed by atoms with E-state index in [9.17, 15) is 13.6 Å². The number of alkyl halides is 2. The van der Waals surface area contributed by atoms with Crippen LogP contribution in [0.3, 0.4) is 0 Å². The number of nitrogens with zero attached hydrogens (tertiary/aromatic N) is 3. The van der Waals surface area contributed by atoms with Crippen molar-refractivity contribution in [2.75, 3.05) is 18.0 Å². The summed E-state index contributed by atoms with van der Waals surface area (Å²) in [5.41, 5.74) is 0. The predicted octanol–water partition coefficient (Wildman–Crippen LogP) is 0.630. The van der Waals surface area contributed by atoms with Gasteiger partial charge >= 0.3 is 5.97 Å². The fourth-order valence-corrected chi connectivity index (χ4v) is 1.30. The molecular weight excluding hydrogens is 208 g/mol. The van der Waals surface area contributed by atoms with E-state index in [2.05, 4.69) is 9.97 Å². The highest BCUT2D eigenvalue weighted by atomic mass is 19.3. The normalized spacial score (nSPS) is 18.4. The number of aromatic carboxylic acids is 1. The molecule has 15 heavy (non-hydrogen) atoms. The van der Waals surface area contributed by atoms with Crippen LogP contribution in [0.25, 0.3) is 0 Å². The van der Waals surface area contributed by atoms with Crippen LogP contribution in [0, 0.1) is 0 Å². The Morgan fingerprint density at radius 2 is 2.20 bits per heavy atom. The van der Waals surface area contributed by atoms with Gasteiger partial charge in [0.15, 0.2) is 0 Å². The summed E-state index contributed by atoms with van der Waals surface area (Å²) in [6, 6.07) is 1.40. The molecule has 0 bridgehead atoms. The molecule has 1 fully saturated rings. The molecule has 0 aliphatic carbocycles. The predicted molar refractivity (Wildman–Crippen MR) is 46.2 cm³/mol. The fourth-order valence-electron chi connectivity index (χ4n) is 1.30. The molecule has 80 valence electrons. The van der Waals surface area contributed by atoms with Crippen LogP contribution >= 0.6 is 0 Å². The van der Waals surface area contributed by atoms with Crippen LogP contribution < -0.4 is 4.90 Å². The number of rotatable bonds is 2. The van der Waals surface area contributed by atoms with Crippen molar-refractivity contribution in [1.29, 1.82) is 0 Å². The zero-order valence-corrected chi connectivity index (χ0v) is 7.52. The van der Waals surface area contributed by atoms with Crippen molar-refractivity contribution in [1.82, 2.24) is 9.97 Å². The Labute approximate surface area is 83.4 Å². The van der Waals surface area contributed by atoms with Crippen LogP contribution in [-0.2, 0) is 0 Å². The molecule has 2 heterocycles. The van der Waals surface area contributed by atoms with Gasteiger partial charge in [0.1, 0.15) is 5.82 Å². The summed E-state index contributed by atoms with van der Waals surface area (Å²) in [6.45, 7) is -0.855. The second kappa shape index (κ2) is 3.11. The summed E-state index contributed by atoms with van der Waals surface area (Å²) in [7, 11) is 0. The van der Waals surface area contributed by atoms with E-state index in [-0.39, 0.29) is 11.6 Å². The molecule has 1 aliphatic rings. The first-order valence-electron chi connectivity index (χ1n) is 4.17. The van der Waals surface area contributed by atoms with E-state index >= 15 is 0 Å². The first kappa shape index (κ1) is 9.75. The number of hydrogen-bond acceptors (Lipinski definition) is 4. The molecule has 1 saturated heterocycles. The van der Waals surface area contributed by atoms with E-state index in [0.717, 1.165) is 0 Å². The van der Waals surface area contributed by atoms with E-state index in [1.807, 2.05) is 0 Å². The Hall–Kier alpha value is -1.79. The molecule has 0 saturated carbocycles. The van der Waals surface area contributed by atoms with Crippen LogP contribution in [0.15, 0.2) is 12.3 Å². The molecule has 0 atom stereocenters. The molecular formula is C8H7F2N3O2. The van der Waals surface area contributed by atoms with Crippen molar-refractivity contribution in [3.63, 3.8) is 0 Å². The maximum atomic E-state index is 12.5. The lowest BCUT2D eigenvalue weighted by Gasteiger charge is -2.39. The highest BCUT2D eigenvalue weighted by Crippen LogP contribution is 2.30. The highest BCUT2D eigenvalue weighted by Gasteiger charge is 2.44. The van der Waals surface area contributed by atoms with Gasteiger partial charge in [0.05, 0.1) is 13.1 Å². The van der Waals surface area contributed by atoms with Crippen LogP contribution in [-0.4, -0.2) is 40.1 Å². The molecule has 0 aromatic carbocycles. The summed E-state index contributed by atoms with van der Waals surface area (Å²) in [4.78, 5) is 19.0. The highest BCUT2D eigenvalue weighted by molar-refractivity contribution is 5.83. The molecule has 1 aromatic heterocycles. The van der Waals surface area contributed by atoms with Gasteiger partial charge < -0.3 is 10.0 Å². The summed E-state index contributed by atoms with van der Waals surface area (Å²) >= 11 is 0.